The third kappa shape index (κ3) is 4.20. The van der Waals surface area contributed by atoms with Crippen LogP contribution < -0.4 is 20.5 Å². The number of benzene rings is 2. The molecule has 2 N–H and O–H groups in total. The molecule has 0 spiro atoms. The molecule has 1 fully saturated rings. The van der Waals surface area contributed by atoms with Gasteiger partial charge in [-0.1, -0.05) is 23.7 Å². The van der Waals surface area contributed by atoms with Crippen LogP contribution in [0.25, 0.3) is 0 Å². The zero-order valence-electron chi connectivity index (χ0n) is 14.6. The molecule has 27 heavy (non-hydrogen) atoms. The van der Waals surface area contributed by atoms with Gasteiger partial charge in [0.05, 0.1) is 18.7 Å². The fourth-order valence-electron chi connectivity index (χ4n) is 2.86. The van der Waals surface area contributed by atoms with Gasteiger partial charge in [0.15, 0.2) is 0 Å². The lowest BCUT2D eigenvalue weighted by Gasteiger charge is -2.19. The first-order chi connectivity index (χ1) is 13.0. The molecular formula is C19H18ClN3O4. The number of rotatable bonds is 4. The van der Waals surface area contributed by atoms with Gasteiger partial charge in [-0.05, 0) is 36.4 Å². The van der Waals surface area contributed by atoms with Crippen LogP contribution in [-0.4, -0.2) is 31.4 Å². The molecule has 3 amide bonds. The molecule has 1 aliphatic heterocycles. The number of para-hydroxylation sites is 2. The number of hydrogen-bond acceptors (Lipinski definition) is 4. The first-order valence-corrected chi connectivity index (χ1v) is 8.66. The molecule has 3 rings (SSSR count). The number of anilines is 1. The summed E-state index contributed by atoms with van der Waals surface area (Å²) in [6.07, 6.45) is 0.0562. The quantitative estimate of drug-likeness (QED) is 0.787. The van der Waals surface area contributed by atoms with Crippen LogP contribution >= 0.6 is 11.6 Å². The molecule has 1 saturated heterocycles. The van der Waals surface area contributed by atoms with Crippen LogP contribution in [0.5, 0.6) is 5.75 Å². The lowest BCUT2D eigenvalue weighted by atomic mass is 10.1. The van der Waals surface area contributed by atoms with E-state index >= 15 is 0 Å². The van der Waals surface area contributed by atoms with E-state index in [1.807, 2.05) is 0 Å². The number of methoxy groups -OCH3 is 1. The van der Waals surface area contributed by atoms with Crippen molar-refractivity contribution >= 4 is 35.0 Å². The van der Waals surface area contributed by atoms with Crippen molar-refractivity contribution in [1.82, 2.24) is 10.9 Å². The number of nitrogens with one attached hydrogen (secondary N) is 2. The summed E-state index contributed by atoms with van der Waals surface area (Å²) in [6.45, 7) is 0.210. The summed E-state index contributed by atoms with van der Waals surface area (Å²) in [7, 11) is 1.52. The predicted molar refractivity (Wildman–Crippen MR) is 101 cm³/mol. The van der Waals surface area contributed by atoms with Crippen molar-refractivity contribution in [3.63, 3.8) is 0 Å². The number of carbonyl (C=O) groups excluding carboxylic acids is 3. The Labute approximate surface area is 161 Å². The van der Waals surface area contributed by atoms with E-state index < -0.39 is 17.7 Å². The van der Waals surface area contributed by atoms with E-state index in [0.717, 1.165) is 0 Å². The second-order valence-corrected chi connectivity index (χ2v) is 6.46. The maximum Gasteiger partial charge on any atom is 0.269 e. The number of halogens is 1. The lowest BCUT2D eigenvalue weighted by Crippen LogP contribution is -2.45. The topological polar surface area (TPSA) is 87.7 Å². The Morgan fingerprint density at radius 2 is 1.81 bits per heavy atom. The molecule has 0 bridgehead atoms. The summed E-state index contributed by atoms with van der Waals surface area (Å²) in [5.74, 6) is -1.09. The van der Waals surface area contributed by atoms with E-state index in [1.165, 1.54) is 12.0 Å². The van der Waals surface area contributed by atoms with E-state index in [2.05, 4.69) is 10.9 Å². The molecule has 1 atom stereocenters. The third-order valence-electron chi connectivity index (χ3n) is 4.28. The van der Waals surface area contributed by atoms with Gasteiger partial charge in [-0.2, -0.15) is 0 Å². The minimum Gasteiger partial charge on any atom is -0.495 e. The fraction of sp³-hybridized carbons (Fsp3) is 0.211. The van der Waals surface area contributed by atoms with Crippen LogP contribution in [0.15, 0.2) is 48.5 Å². The summed E-state index contributed by atoms with van der Waals surface area (Å²) in [4.78, 5) is 38.3. The molecule has 1 heterocycles. The standard InChI is InChI=1S/C19H18ClN3O4/c1-27-16-5-3-2-4-15(16)23-11-13(10-17(23)24)19(26)22-21-18(25)12-6-8-14(20)9-7-12/h2-9,13H,10-11H2,1H3,(H,21,25)(H,22,26)/t13-/m1/s1. The first kappa shape index (κ1) is 18.7. The summed E-state index contributed by atoms with van der Waals surface area (Å²) < 4.78 is 5.28. The van der Waals surface area contributed by atoms with Crippen molar-refractivity contribution in [2.75, 3.05) is 18.6 Å². The summed E-state index contributed by atoms with van der Waals surface area (Å²) in [6, 6.07) is 13.4. The molecule has 0 radical (unpaired) electrons. The SMILES string of the molecule is COc1ccccc1N1C[C@H](C(=O)NNC(=O)c2ccc(Cl)cc2)CC1=O. The van der Waals surface area contributed by atoms with E-state index in [0.29, 0.717) is 22.0 Å². The number of hydrogen-bond donors (Lipinski definition) is 2. The summed E-state index contributed by atoms with van der Waals surface area (Å²) >= 11 is 5.78. The maximum atomic E-state index is 12.4. The van der Waals surface area contributed by atoms with Gasteiger partial charge in [0.2, 0.25) is 11.8 Å². The highest BCUT2D eigenvalue weighted by Gasteiger charge is 2.36. The Balaban J connectivity index is 1.60. The maximum absolute atomic E-state index is 12.4. The van der Waals surface area contributed by atoms with Gasteiger partial charge < -0.3 is 9.64 Å². The first-order valence-electron chi connectivity index (χ1n) is 8.28. The van der Waals surface area contributed by atoms with Crippen molar-refractivity contribution in [1.29, 1.82) is 0 Å². The van der Waals surface area contributed by atoms with Crippen LogP contribution in [0.2, 0.25) is 5.02 Å². The Morgan fingerprint density at radius 3 is 2.52 bits per heavy atom. The van der Waals surface area contributed by atoms with E-state index in [-0.39, 0.29) is 18.9 Å². The second kappa shape index (κ2) is 8.09. The van der Waals surface area contributed by atoms with Crippen molar-refractivity contribution in [2.45, 2.75) is 6.42 Å². The number of carbonyl (C=O) groups is 3. The minimum absolute atomic E-state index is 0.0562. The predicted octanol–water partition coefficient (Wildman–Crippen LogP) is 2.16. The fourth-order valence-corrected chi connectivity index (χ4v) is 2.99. The smallest absolute Gasteiger partial charge is 0.269 e. The molecule has 2 aromatic carbocycles. The second-order valence-electron chi connectivity index (χ2n) is 6.03. The monoisotopic (exact) mass is 387 g/mol. The molecule has 0 unspecified atom stereocenters. The van der Waals surface area contributed by atoms with Crippen molar-refractivity contribution in [3.05, 3.63) is 59.1 Å². The van der Waals surface area contributed by atoms with Crippen molar-refractivity contribution < 1.29 is 19.1 Å². The molecule has 8 heteroatoms. The average molecular weight is 388 g/mol. The molecule has 0 aliphatic carbocycles. The van der Waals surface area contributed by atoms with E-state index in [4.69, 9.17) is 16.3 Å². The van der Waals surface area contributed by atoms with Gasteiger partial charge in [-0.25, -0.2) is 0 Å². The van der Waals surface area contributed by atoms with Gasteiger partial charge >= 0.3 is 0 Å². The number of hydrazine groups is 1. The molecule has 1 aliphatic rings. The van der Waals surface area contributed by atoms with E-state index in [1.54, 1.807) is 48.5 Å². The number of amides is 3. The lowest BCUT2D eigenvalue weighted by molar-refractivity contribution is -0.126. The Hall–Kier alpha value is -3.06. The zero-order chi connectivity index (χ0) is 19.4. The minimum atomic E-state index is -0.576. The number of nitrogens with zero attached hydrogens (tertiary/aromatic N) is 1. The Bertz CT molecular complexity index is 870. The molecular weight excluding hydrogens is 370 g/mol. The van der Waals surface area contributed by atoms with Gasteiger partial charge in [-0.15, -0.1) is 0 Å². The van der Waals surface area contributed by atoms with Gasteiger partial charge in [0.1, 0.15) is 5.75 Å². The van der Waals surface area contributed by atoms with Gasteiger partial charge in [0.25, 0.3) is 5.91 Å². The molecule has 0 saturated carbocycles. The zero-order valence-corrected chi connectivity index (χ0v) is 15.3. The van der Waals surface area contributed by atoms with Crippen LogP contribution in [0.3, 0.4) is 0 Å². The highest BCUT2D eigenvalue weighted by Crippen LogP contribution is 2.32. The summed E-state index contributed by atoms with van der Waals surface area (Å²) in [5, 5.41) is 0.511. The molecule has 7 nitrogen and oxygen atoms in total. The van der Waals surface area contributed by atoms with Crippen LogP contribution in [0.4, 0.5) is 5.69 Å². The largest absolute Gasteiger partial charge is 0.495 e. The average Bonchev–Trinajstić information content (AvgIpc) is 3.08. The Kier molecular flexibility index (Phi) is 5.61. The highest BCUT2D eigenvalue weighted by molar-refractivity contribution is 6.30. The molecule has 0 aromatic heterocycles. The van der Waals surface area contributed by atoms with Gasteiger partial charge in [-0.3, -0.25) is 25.2 Å². The third-order valence-corrected chi connectivity index (χ3v) is 4.53. The molecule has 140 valence electrons. The highest BCUT2D eigenvalue weighted by atomic mass is 35.5. The van der Waals surface area contributed by atoms with Crippen LogP contribution in [0, 0.1) is 5.92 Å². The normalized spacial score (nSPS) is 16.1. The van der Waals surface area contributed by atoms with Crippen molar-refractivity contribution in [3.8, 4) is 5.75 Å². The van der Waals surface area contributed by atoms with Crippen LogP contribution in [-0.2, 0) is 9.59 Å². The van der Waals surface area contributed by atoms with Crippen molar-refractivity contribution in [2.24, 2.45) is 5.92 Å². The van der Waals surface area contributed by atoms with Crippen LogP contribution in [0.1, 0.15) is 16.8 Å². The summed E-state index contributed by atoms with van der Waals surface area (Å²) in [5.41, 5.74) is 5.70. The van der Waals surface area contributed by atoms with E-state index in [9.17, 15) is 14.4 Å². The number of ether oxygens (including phenoxy) is 1. The Morgan fingerprint density at radius 1 is 1.11 bits per heavy atom. The molecule has 2 aromatic rings. The van der Waals surface area contributed by atoms with Gasteiger partial charge in [0, 0.05) is 23.6 Å².